The van der Waals surface area contributed by atoms with Crippen molar-refractivity contribution in [3.8, 4) is 0 Å². The molecule has 0 bridgehead atoms. The molecule has 1 aromatic carbocycles. The van der Waals surface area contributed by atoms with Crippen LogP contribution in [0.5, 0.6) is 0 Å². The second-order valence-electron chi connectivity index (χ2n) is 3.91. The molecule has 0 aliphatic carbocycles. The number of benzene rings is 1. The Morgan fingerprint density at radius 2 is 2.19 bits per heavy atom. The van der Waals surface area contributed by atoms with Crippen molar-refractivity contribution in [2.24, 2.45) is 0 Å². The third-order valence-corrected chi connectivity index (χ3v) is 3.16. The summed E-state index contributed by atoms with van der Waals surface area (Å²) in [5.41, 5.74) is 6.67. The van der Waals surface area contributed by atoms with Crippen LogP contribution in [0.3, 0.4) is 0 Å². The quantitative estimate of drug-likeness (QED) is 0.826. The summed E-state index contributed by atoms with van der Waals surface area (Å²) in [5.74, 6) is -0.0299. The first-order chi connectivity index (χ1) is 7.47. The SMILES string of the molecule is CCC(C)N(C)C(=O)c1ccc(Cl)c(N)c1. The van der Waals surface area contributed by atoms with E-state index in [9.17, 15) is 4.79 Å². The lowest BCUT2D eigenvalue weighted by Crippen LogP contribution is -2.34. The van der Waals surface area contributed by atoms with Crippen LogP contribution in [0.1, 0.15) is 30.6 Å². The number of nitrogens with zero attached hydrogens (tertiary/aromatic N) is 1. The molecule has 0 spiro atoms. The van der Waals surface area contributed by atoms with E-state index in [1.54, 1.807) is 30.1 Å². The van der Waals surface area contributed by atoms with Crippen LogP contribution in [0, 0.1) is 0 Å². The van der Waals surface area contributed by atoms with E-state index in [1.807, 2.05) is 13.8 Å². The van der Waals surface area contributed by atoms with Gasteiger partial charge in [-0.1, -0.05) is 18.5 Å². The van der Waals surface area contributed by atoms with E-state index in [-0.39, 0.29) is 11.9 Å². The fraction of sp³-hybridized carbons (Fsp3) is 0.417. The third-order valence-electron chi connectivity index (χ3n) is 2.82. The molecule has 0 aromatic heterocycles. The van der Waals surface area contributed by atoms with Gasteiger partial charge in [0.15, 0.2) is 0 Å². The molecule has 0 aliphatic rings. The molecule has 0 fully saturated rings. The molecule has 1 amide bonds. The molecule has 4 heteroatoms. The Hall–Kier alpha value is -1.22. The Balaban J connectivity index is 2.92. The lowest BCUT2D eigenvalue weighted by Gasteiger charge is -2.24. The standard InChI is InChI=1S/C12H17ClN2O/c1-4-8(2)15(3)12(16)9-5-6-10(13)11(14)7-9/h5-8H,4,14H2,1-3H3. The lowest BCUT2D eigenvalue weighted by molar-refractivity contribution is 0.0740. The Labute approximate surface area is 101 Å². The highest BCUT2D eigenvalue weighted by Crippen LogP contribution is 2.20. The highest BCUT2D eigenvalue weighted by molar-refractivity contribution is 6.33. The van der Waals surface area contributed by atoms with E-state index >= 15 is 0 Å². The van der Waals surface area contributed by atoms with Crippen molar-refractivity contribution >= 4 is 23.2 Å². The summed E-state index contributed by atoms with van der Waals surface area (Å²) in [7, 11) is 1.79. The number of hydrogen-bond acceptors (Lipinski definition) is 2. The molecule has 3 nitrogen and oxygen atoms in total. The first-order valence-corrected chi connectivity index (χ1v) is 5.67. The fourth-order valence-electron chi connectivity index (χ4n) is 1.35. The van der Waals surface area contributed by atoms with Crippen LogP contribution < -0.4 is 5.73 Å². The second-order valence-corrected chi connectivity index (χ2v) is 4.32. The molecule has 1 rings (SSSR count). The van der Waals surface area contributed by atoms with Gasteiger partial charge in [0, 0.05) is 18.7 Å². The first kappa shape index (κ1) is 12.8. The zero-order valence-electron chi connectivity index (χ0n) is 9.83. The van der Waals surface area contributed by atoms with Crippen LogP contribution in [-0.4, -0.2) is 23.9 Å². The summed E-state index contributed by atoms with van der Waals surface area (Å²) in [6, 6.07) is 5.17. The molecular weight excluding hydrogens is 224 g/mol. The smallest absolute Gasteiger partial charge is 0.253 e. The molecule has 88 valence electrons. The van der Waals surface area contributed by atoms with Crippen LogP contribution in [0.15, 0.2) is 18.2 Å². The zero-order chi connectivity index (χ0) is 12.3. The Bertz CT molecular complexity index is 393. The van der Waals surface area contributed by atoms with E-state index in [0.29, 0.717) is 16.3 Å². The molecule has 1 atom stereocenters. The Kier molecular flexibility index (Phi) is 4.19. The number of halogens is 1. The number of hydrogen-bond donors (Lipinski definition) is 1. The van der Waals surface area contributed by atoms with Crippen LogP contribution in [0.25, 0.3) is 0 Å². The predicted molar refractivity (Wildman–Crippen MR) is 67.7 cm³/mol. The van der Waals surface area contributed by atoms with Gasteiger partial charge in [-0.3, -0.25) is 4.79 Å². The summed E-state index contributed by atoms with van der Waals surface area (Å²) < 4.78 is 0. The minimum Gasteiger partial charge on any atom is -0.398 e. The van der Waals surface area contributed by atoms with Gasteiger partial charge in [-0.25, -0.2) is 0 Å². The summed E-state index contributed by atoms with van der Waals surface area (Å²) in [6.07, 6.45) is 0.922. The van der Waals surface area contributed by atoms with Crippen molar-refractivity contribution in [2.45, 2.75) is 26.3 Å². The molecule has 0 heterocycles. The van der Waals surface area contributed by atoms with Crippen molar-refractivity contribution in [2.75, 3.05) is 12.8 Å². The van der Waals surface area contributed by atoms with E-state index < -0.39 is 0 Å². The maximum atomic E-state index is 12.0. The largest absolute Gasteiger partial charge is 0.398 e. The first-order valence-electron chi connectivity index (χ1n) is 5.29. The van der Waals surface area contributed by atoms with E-state index in [2.05, 4.69) is 0 Å². The van der Waals surface area contributed by atoms with Crippen LogP contribution in [0.2, 0.25) is 5.02 Å². The molecule has 0 saturated carbocycles. The lowest BCUT2D eigenvalue weighted by atomic mass is 10.1. The molecule has 16 heavy (non-hydrogen) atoms. The summed E-state index contributed by atoms with van der Waals surface area (Å²) in [6.45, 7) is 4.06. The number of nitrogens with two attached hydrogens (primary N) is 1. The van der Waals surface area contributed by atoms with Gasteiger partial charge >= 0.3 is 0 Å². The molecule has 0 aliphatic heterocycles. The van der Waals surface area contributed by atoms with E-state index in [0.717, 1.165) is 6.42 Å². The zero-order valence-corrected chi connectivity index (χ0v) is 10.6. The number of anilines is 1. The monoisotopic (exact) mass is 240 g/mol. The minimum atomic E-state index is -0.0299. The van der Waals surface area contributed by atoms with Gasteiger partial charge in [0.25, 0.3) is 5.91 Å². The topological polar surface area (TPSA) is 46.3 Å². The average molecular weight is 241 g/mol. The van der Waals surface area contributed by atoms with Crippen molar-refractivity contribution in [3.63, 3.8) is 0 Å². The normalized spacial score (nSPS) is 12.2. The van der Waals surface area contributed by atoms with Gasteiger partial charge in [-0.05, 0) is 31.5 Å². The van der Waals surface area contributed by atoms with E-state index in [1.165, 1.54) is 0 Å². The number of rotatable bonds is 3. The van der Waals surface area contributed by atoms with Gasteiger partial charge in [0.2, 0.25) is 0 Å². The number of nitrogen functional groups attached to an aromatic ring is 1. The average Bonchev–Trinajstić information content (AvgIpc) is 2.29. The van der Waals surface area contributed by atoms with Gasteiger partial charge in [-0.2, -0.15) is 0 Å². The molecule has 0 saturated heterocycles. The van der Waals surface area contributed by atoms with Crippen LogP contribution in [0.4, 0.5) is 5.69 Å². The molecule has 1 aromatic rings. The van der Waals surface area contributed by atoms with Crippen LogP contribution in [-0.2, 0) is 0 Å². The second kappa shape index (κ2) is 5.21. The van der Waals surface area contributed by atoms with Gasteiger partial charge in [-0.15, -0.1) is 0 Å². The van der Waals surface area contributed by atoms with Crippen molar-refractivity contribution < 1.29 is 4.79 Å². The number of carbonyl (C=O) groups is 1. The summed E-state index contributed by atoms with van der Waals surface area (Å²) in [4.78, 5) is 13.7. The number of carbonyl (C=O) groups excluding carboxylic acids is 1. The van der Waals surface area contributed by atoms with Crippen molar-refractivity contribution in [1.29, 1.82) is 0 Å². The highest BCUT2D eigenvalue weighted by Gasteiger charge is 2.16. The molecular formula is C12H17ClN2O. The maximum absolute atomic E-state index is 12.0. The van der Waals surface area contributed by atoms with Crippen molar-refractivity contribution in [1.82, 2.24) is 4.90 Å². The highest BCUT2D eigenvalue weighted by atomic mass is 35.5. The van der Waals surface area contributed by atoms with Gasteiger partial charge in [0.05, 0.1) is 10.7 Å². The fourth-order valence-corrected chi connectivity index (χ4v) is 1.47. The maximum Gasteiger partial charge on any atom is 0.253 e. The molecule has 0 radical (unpaired) electrons. The van der Waals surface area contributed by atoms with Crippen LogP contribution >= 0.6 is 11.6 Å². The summed E-state index contributed by atoms with van der Waals surface area (Å²) in [5, 5.41) is 0.475. The summed E-state index contributed by atoms with van der Waals surface area (Å²) >= 11 is 5.80. The molecule has 2 N–H and O–H groups in total. The van der Waals surface area contributed by atoms with Crippen molar-refractivity contribution in [3.05, 3.63) is 28.8 Å². The predicted octanol–water partition coefficient (Wildman–Crippen LogP) is 2.79. The van der Waals surface area contributed by atoms with Gasteiger partial charge in [0.1, 0.15) is 0 Å². The minimum absolute atomic E-state index is 0.0299. The number of amides is 1. The molecule has 1 unspecified atom stereocenters. The van der Waals surface area contributed by atoms with E-state index in [4.69, 9.17) is 17.3 Å². The Morgan fingerprint density at radius 3 is 2.69 bits per heavy atom. The Morgan fingerprint density at radius 1 is 1.56 bits per heavy atom. The third kappa shape index (κ3) is 2.67. The van der Waals surface area contributed by atoms with Gasteiger partial charge < -0.3 is 10.6 Å².